The van der Waals surface area contributed by atoms with Crippen LogP contribution in [0, 0.1) is 0 Å². The minimum atomic E-state index is 0.220. The van der Waals surface area contributed by atoms with Gasteiger partial charge in [-0.15, -0.1) is 0 Å². The van der Waals surface area contributed by atoms with Gasteiger partial charge in [-0.05, 0) is 30.7 Å². The third-order valence-electron chi connectivity index (χ3n) is 4.34. The maximum absolute atomic E-state index is 9.20. The molecule has 1 rings (SSSR count). The lowest BCUT2D eigenvalue weighted by molar-refractivity contribution is -0.0179. The van der Waals surface area contributed by atoms with Gasteiger partial charge in [0.15, 0.2) is 0 Å². The lowest BCUT2D eigenvalue weighted by Crippen LogP contribution is -2.14. The highest BCUT2D eigenvalue weighted by atomic mass is 16.6. The summed E-state index contributed by atoms with van der Waals surface area (Å²) in [6.45, 7) is 9.50. The largest absolute Gasteiger partial charge is 0.508 e. The van der Waals surface area contributed by atoms with Gasteiger partial charge in [-0.1, -0.05) is 26.2 Å². The SMILES string of the molecule is CCCCCCOCCOCCOCCOCCOCCOCCOc1ccc(O)cc1. The van der Waals surface area contributed by atoms with E-state index in [1.165, 1.54) is 19.3 Å². The summed E-state index contributed by atoms with van der Waals surface area (Å²) < 4.78 is 38.2. The Morgan fingerprint density at radius 2 is 0.906 bits per heavy atom. The number of benzene rings is 1. The maximum Gasteiger partial charge on any atom is 0.119 e. The van der Waals surface area contributed by atoms with Crippen LogP contribution in [0.25, 0.3) is 0 Å². The number of ether oxygens (including phenoxy) is 7. The molecule has 0 saturated carbocycles. The molecule has 0 spiro atoms. The van der Waals surface area contributed by atoms with Gasteiger partial charge in [-0.25, -0.2) is 0 Å². The summed E-state index contributed by atoms with van der Waals surface area (Å²) in [5.74, 6) is 0.923. The van der Waals surface area contributed by atoms with E-state index in [0.717, 1.165) is 13.0 Å². The summed E-state index contributed by atoms with van der Waals surface area (Å²) in [4.78, 5) is 0. The van der Waals surface area contributed by atoms with Crippen LogP contribution in [0.2, 0.25) is 0 Å². The summed E-state index contributed by atoms with van der Waals surface area (Å²) in [6, 6.07) is 6.60. The zero-order chi connectivity index (χ0) is 23.0. The van der Waals surface area contributed by atoms with Crippen molar-refractivity contribution in [2.75, 3.05) is 85.9 Å². The summed E-state index contributed by atoms with van der Waals surface area (Å²) in [5, 5.41) is 9.20. The van der Waals surface area contributed by atoms with Crippen molar-refractivity contribution in [1.29, 1.82) is 0 Å². The highest BCUT2D eigenvalue weighted by Crippen LogP contribution is 2.15. The molecule has 32 heavy (non-hydrogen) atoms. The van der Waals surface area contributed by atoms with Gasteiger partial charge < -0.3 is 38.3 Å². The molecule has 0 aromatic heterocycles. The van der Waals surface area contributed by atoms with Gasteiger partial charge in [0.1, 0.15) is 18.1 Å². The molecule has 0 unspecified atom stereocenters. The van der Waals surface area contributed by atoms with Crippen LogP contribution in [0.4, 0.5) is 0 Å². The van der Waals surface area contributed by atoms with Crippen LogP contribution in [0.3, 0.4) is 0 Å². The zero-order valence-corrected chi connectivity index (χ0v) is 19.6. The van der Waals surface area contributed by atoms with Crippen molar-refractivity contribution in [2.45, 2.75) is 32.6 Å². The molecule has 0 fully saturated rings. The number of hydrogen-bond donors (Lipinski definition) is 1. The van der Waals surface area contributed by atoms with Gasteiger partial charge >= 0.3 is 0 Å². The van der Waals surface area contributed by atoms with E-state index in [9.17, 15) is 5.11 Å². The molecule has 0 aliphatic carbocycles. The lowest BCUT2D eigenvalue weighted by atomic mass is 10.2. The highest BCUT2D eigenvalue weighted by molar-refractivity contribution is 5.29. The van der Waals surface area contributed by atoms with Crippen molar-refractivity contribution in [3.8, 4) is 11.5 Å². The van der Waals surface area contributed by atoms with Crippen LogP contribution in [0.15, 0.2) is 24.3 Å². The van der Waals surface area contributed by atoms with E-state index in [1.54, 1.807) is 24.3 Å². The Hall–Kier alpha value is -1.42. The predicted molar refractivity (Wildman–Crippen MR) is 123 cm³/mol. The molecule has 1 N–H and O–H groups in total. The molecule has 186 valence electrons. The molecular formula is C24H42O8. The molecule has 0 heterocycles. The first-order valence-electron chi connectivity index (χ1n) is 11.7. The fraction of sp³-hybridized carbons (Fsp3) is 0.750. The van der Waals surface area contributed by atoms with Gasteiger partial charge in [0, 0.05) is 6.61 Å². The Morgan fingerprint density at radius 1 is 0.500 bits per heavy atom. The van der Waals surface area contributed by atoms with Crippen molar-refractivity contribution in [3.63, 3.8) is 0 Å². The number of rotatable bonds is 24. The molecule has 1 aromatic carbocycles. The molecule has 1 aromatic rings. The van der Waals surface area contributed by atoms with Crippen molar-refractivity contribution in [2.24, 2.45) is 0 Å². The Labute approximate surface area is 193 Å². The van der Waals surface area contributed by atoms with Crippen LogP contribution in [-0.2, 0) is 28.4 Å². The molecule has 0 atom stereocenters. The molecule has 8 nitrogen and oxygen atoms in total. The molecule has 0 amide bonds. The van der Waals surface area contributed by atoms with Crippen LogP contribution in [0.1, 0.15) is 32.6 Å². The number of unbranched alkanes of at least 4 members (excludes halogenated alkanes) is 3. The van der Waals surface area contributed by atoms with Gasteiger partial charge in [0.2, 0.25) is 0 Å². The Kier molecular flexibility index (Phi) is 20.4. The Morgan fingerprint density at radius 3 is 1.34 bits per heavy atom. The van der Waals surface area contributed by atoms with Crippen molar-refractivity contribution < 1.29 is 38.3 Å². The van der Waals surface area contributed by atoms with E-state index in [0.29, 0.717) is 85.0 Å². The third-order valence-corrected chi connectivity index (χ3v) is 4.34. The van der Waals surface area contributed by atoms with Gasteiger partial charge in [-0.2, -0.15) is 0 Å². The van der Waals surface area contributed by atoms with E-state index >= 15 is 0 Å². The zero-order valence-electron chi connectivity index (χ0n) is 19.6. The van der Waals surface area contributed by atoms with E-state index in [2.05, 4.69) is 6.92 Å². The highest BCUT2D eigenvalue weighted by Gasteiger charge is 1.96. The first kappa shape index (κ1) is 28.6. The van der Waals surface area contributed by atoms with Gasteiger partial charge in [0.05, 0.1) is 72.7 Å². The van der Waals surface area contributed by atoms with Gasteiger partial charge in [-0.3, -0.25) is 0 Å². The fourth-order valence-corrected chi connectivity index (χ4v) is 2.59. The standard InChI is InChI=1S/C24H42O8/c1-2-3-4-5-10-26-11-12-27-13-14-28-15-16-29-17-18-30-19-20-31-21-22-32-24-8-6-23(25)7-9-24/h6-9,25H,2-5,10-22H2,1H3. The molecule has 0 aliphatic heterocycles. The van der Waals surface area contributed by atoms with E-state index in [4.69, 9.17) is 33.2 Å². The topological polar surface area (TPSA) is 84.8 Å². The second-order valence-corrected chi connectivity index (χ2v) is 7.08. The number of aromatic hydroxyl groups is 1. The van der Waals surface area contributed by atoms with E-state index < -0.39 is 0 Å². The molecule has 0 aliphatic rings. The monoisotopic (exact) mass is 458 g/mol. The van der Waals surface area contributed by atoms with Crippen molar-refractivity contribution in [3.05, 3.63) is 24.3 Å². The lowest BCUT2D eigenvalue weighted by Gasteiger charge is -2.09. The molecule has 0 saturated heterocycles. The molecule has 8 heteroatoms. The maximum atomic E-state index is 9.20. The fourth-order valence-electron chi connectivity index (χ4n) is 2.59. The predicted octanol–water partition coefficient (Wildman–Crippen LogP) is 3.45. The van der Waals surface area contributed by atoms with Crippen molar-refractivity contribution in [1.82, 2.24) is 0 Å². The summed E-state index contributed by atoms with van der Waals surface area (Å²) >= 11 is 0. The third kappa shape index (κ3) is 19.3. The van der Waals surface area contributed by atoms with Crippen LogP contribution >= 0.6 is 0 Å². The van der Waals surface area contributed by atoms with Crippen LogP contribution in [-0.4, -0.2) is 91.0 Å². The molecular weight excluding hydrogens is 416 g/mol. The van der Waals surface area contributed by atoms with Gasteiger partial charge in [0.25, 0.3) is 0 Å². The summed E-state index contributed by atoms with van der Waals surface area (Å²) in [6.07, 6.45) is 4.91. The number of phenolic OH excluding ortho intramolecular Hbond substituents is 1. The minimum Gasteiger partial charge on any atom is -0.508 e. The quantitative estimate of drug-likeness (QED) is 0.236. The normalized spacial score (nSPS) is 11.2. The van der Waals surface area contributed by atoms with E-state index in [-0.39, 0.29) is 5.75 Å². The van der Waals surface area contributed by atoms with Crippen molar-refractivity contribution >= 4 is 0 Å². The smallest absolute Gasteiger partial charge is 0.119 e. The Balaban J connectivity index is 1.67. The second-order valence-electron chi connectivity index (χ2n) is 7.08. The minimum absolute atomic E-state index is 0.220. The summed E-state index contributed by atoms with van der Waals surface area (Å²) in [7, 11) is 0. The number of phenols is 1. The first-order chi connectivity index (χ1) is 15.8. The molecule has 0 radical (unpaired) electrons. The number of hydrogen-bond acceptors (Lipinski definition) is 8. The average Bonchev–Trinajstić information content (AvgIpc) is 2.81. The second kappa shape index (κ2) is 22.8. The van der Waals surface area contributed by atoms with E-state index in [1.807, 2.05) is 0 Å². The average molecular weight is 459 g/mol. The molecule has 0 bridgehead atoms. The Bertz CT molecular complexity index is 497. The first-order valence-corrected chi connectivity index (χ1v) is 11.7. The van der Waals surface area contributed by atoms with Crippen LogP contribution < -0.4 is 4.74 Å². The van der Waals surface area contributed by atoms with Crippen LogP contribution in [0.5, 0.6) is 11.5 Å². The summed E-state index contributed by atoms with van der Waals surface area (Å²) in [5.41, 5.74) is 0.